The number of carbonyl (C=O) groups excluding carboxylic acids is 2. The van der Waals surface area contributed by atoms with Crippen LogP contribution < -0.4 is 51.4 Å². The average Bonchev–Trinajstić information content (AvgIpc) is 2.99. The molecule has 0 bridgehead atoms. The maximum absolute atomic E-state index is 12.6. The molecule has 0 aliphatic heterocycles. The molecule has 1 aromatic carbocycles. The third kappa shape index (κ3) is 22.3. The van der Waals surface area contributed by atoms with Crippen molar-refractivity contribution >= 4 is 22.1 Å². The molecule has 9 heteroatoms. The van der Waals surface area contributed by atoms with Crippen LogP contribution >= 0.6 is 0 Å². The molecule has 1 aromatic rings. The molecule has 0 heterocycles. The monoisotopic (exact) mass is 662 g/mol. The van der Waals surface area contributed by atoms with Gasteiger partial charge in [-0.25, -0.2) is 18.0 Å². The van der Waals surface area contributed by atoms with Crippen molar-refractivity contribution in [2.75, 3.05) is 13.2 Å². The van der Waals surface area contributed by atoms with Crippen molar-refractivity contribution < 1.29 is 83.4 Å². The molecule has 7 nitrogen and oxygen atoms in total. The first-order valence-corrected chi connectivity index (χ1v) is 18.7. The van der Waals surface area contributed by atoms with E-state index in [1.165, 1.54) is 135 Å². The van der Waals surface area contributed by atoms with Crippen LogP contribution in [-0.2, 0) is 19.6 Å². The minimum Gasteiger partial charge on any atom is -0.748 e. The van der Waals surface area contributed by atoms with Crippen molar-refractivity contribution in [3.8, 4) is 0 Å². The van der Waals surface area contributed by atoms with Crippen LogP contribution in [-0.4, -0.2) is 43.4 Å². The van der Waals surface area contributed by atoms with Gasteiger partial charge in [0.1, 0.15) is 16.7 Å². The van der Waals surface area contributed by atoms with Crippen LogP contribution in [0.4, 0.5) is 0 Å². The Morgan fingerprint density at radius 2 is 0.955 bits per heavy atom. The molecule has 248 valence electrons. The van der Waals surface area contributed by atoms with Gasteiger partial charge in [-0.1, -0.05) is 154 Å². The summed E-state index contributed by atoms with van der Waals surface area (Å²) in [6.07, 6.45) is 27.5. The van der Waals surface area contributed by atoms with Gasteiger partial charge in [0, 0.05) is 0 Å². The normalized spacial score (nSPS) is 12.0. The van der Waals surface area contributed by atoms with Gasteiger partial charge in [0.05, 0.1) is 23.0 Å². The summed E-state index contributed by atoms with van der Waals surface area (Å²) < 4.78 is 44.1. The van der Waals surface area contributed by atoms with E-state index in [9.17, 15) is 22.6 Å². The average molecular weight is 663 g/mol. The van der Waals surface area contributed by atoms with Gasteiger partial charge in [-0.3, -0.25) is 0 Å². The van der Waals surface area contributed by atoms with E-state index in [1.54, 1.807) is 12.1 Å². The minimum atomic E-state index is -4.58. The Hall–Kier alpha value is -0.294. The molecule has 0 aromatic heterocycles. The van der Waals surface area contributed by atoms with Gasteiger partial charge in [-0.15, -0.1) is 0 Å². The number of unbranched alkanes of at least 4 members (excludes halogenated alkanes) is 20. The zero-order valence-electron chi connectivity index (χ0n) is 28.1. The predicted molar refractivity (Wildman–Crippen MR) is 173 cm³/mol. The number of ether oxygens (including phenoxy) is 2. The summed E-state index contributed by atoms with van der Waals surface area (Å²) in [5.41, 5.74) is 0.0541. The Bertz CT molecular complexity index is 968. The molecular weight excluding hydrogens is 604 g/mol. The Morgan fingerprint density at radius 3 is 1.30 bits per heavy atom. The van der Waals surface area contributed by atoms with Crippen molar-refractivity contribution in [3.05, 3.63) is 35.4 Å². The van der Waals surface area contributed by atoms with Gasteiger partial charge in [0.15, 0.2) is 0 Å². The van der Waals surface area contributed by atoms with Gasteiger partial charge in [0.2, 0.25) is 0 Å². The van der Waals surface area contributed by atoms with Gasteiger partial charge in [-0.2, -0.15) is 0 Å². The molecule has 1 unspecified atom stereocenters. The van der Waals surface area contributed by atoms with E-state index in [4.69, 9.17) is 9.47 Å². The summed E-state index contributed by atoms with van der Waals surface area (Å²) >= 11 is 0. The van der Waals surface area contributed by atoms with Crippen LogP contribution in [0.15, 0.2) is 24.3 Å². The number of hydrogen-bond donors (Lipinski definition) is 0. The van der Waals surface area contributed by atoms with E-state index in [-0.39, 0.29) is 75.5 Å². The first-order valence-electron chi connectivity index (χ1n) is 17.2. The number of hydrogen-bond acceptors (Lipinski definition) is 7. The van der Waals surface area contributed by atoms with E-state index in [0.717, 1.165) is 19.3 Å². The fourth-order valence-corrected chi connectivity index (χ4v) is 5.91. The van der Waals surface area contributed by atoms with Gasteiger partial charge in [0.25, 0.3) is 0 Å². The smallest absolute Gasteiger partial charge is 0.748 e. The van der Waals surface area contributed by atoms with Crippen LogP contribution in [0.2, 0.25) is 0 Å². The molecule has 44 heavy (non-hydrogen) atoms. The van der Waals surface area contributed by atoms with Crippen molar-refractivity contribution in [1.29, 1.82) is 0 Å². The summed E-state index contributed by atoms with van der Waals surface area (Å²) in [6, 6.07) is 6.08. The second-order valence-electron chi connectivity index (χ2n) is 11.9. The zero-order chi connectivity index (χ0) is 31.6. The summed E-state index contributed by atoms with van der Waals surface area (Å²) in [6.45, 7) is 3.52. The number of rotatable bonds is 28. The molecule has 0 N–H and O–H groups in total. The molecule has 1 rings (SSSR count). The molecule has 1 atom stereocenters. The third-order valence-corrected chi connectivity index (χ3v) is 9.40. The largest absolute Gasteiger partial charge is 1.00 e. The summed E-state index contributed by atoms with van der Waals surface area (Å²) in [7, 11) is -4.58. The molecule has 0 radical (unpaired) electrons. The zero-order valence-corrected chi connectivity index (χ0v) is 32.1. The SMILES string of the molecule is CCCCCCCCCCCCCCCCCCCCCCCOC(=O)c1ccccc1C(=O)OCC(CC)S(=O)(=O)[O-].[K+]. The maximum atomic E-state index is 12.6. The first-order chi connectivity index (χ1) is 20.8. The van der Waals surface area contributed by atoms with Crippen molar-refractivity contribution in [3.63, 3.8) is 0 Å². The fraction of sp³-hybridized carbons (Fsp3) is 0.771. The second kappa shape index (κ2) is 28.9. The number of esters is 2. The van der Waals surface area contributed by atoms with Gasteiger partial charge < -0.3 is 14.0 Å². The van der Waals surface area contributed by atoms with Crippen LogP contribution in [0.3, 0.4) is 0 Å². The van der Waals surface area contributed by atoms with Gasteiger partial charge >= 0.3 is 63.3 Å². The molecular formula is C35H59KO7S. The van der Waals surface area contributed by atoms with Crippen LogP contribution in [0.25, 0.3) is 0 Å². The summed E-state index contributed by atoms with van der Waals surface area (Å²) in [5.74, 6) is -1.48. The second-order valence-corrected chi connectivity index (χ2v) is 13.5. The first kappa shape index (κ1) is 43.7. The van der Waals surface area contributed by atoms with E-state index in [0.29, 0.717) is 0 Å². The minimum absolute atomic E-state index is 0. The van der Waals surface area contributed by atoms with Crippen LogP contribution in [0, 0.1) is 0 Å². The molecule has 0 amide bonds. The predicted octanol–water partition coefficient (Wildman–Crippen LogP) is 6.54. The Labute approximate surface area is 311 Å². The maximum Gasteiger partial charge on any atom is 1.00 e. The van der Waals surface area contributed by atoms with E-state index >= 15 is 0 Å². The third-order valence-electron chi connectivity index (χ3n) is 8.11. The van der Waals surface area contributed by atoms with Crippen molar-refractivity contribution in [2.24, 2.45) is 0 Å². The van der Waals surface area contributed by atoms with E-state index in [2.05, 4.69) is 6.92 Å². The molecule has 0 aliphatic rings. The Morgan fingerprint density at radius 1 is 0.614 bits per heavy atom. The van der Waals surface area contributed by atoms with Gasteiger partial charge in [-0.05, 0) is 25.0 Å². The van der Waals surface area contributed by atoms with Crippen LogP contribution in [0.5, 0.6) is 0 Å². The molecule has 0 aliphatic carbocycles. The number of benzene rings is 1. The quantitative estimate of drug-likeness (QED) is 0.0434. The summed E-state index contributed by atoms with van der Waals surface area (Å²) in [4.78, 5) is 25.0. The molecule has 0 spiro atoms. The topological polar surface area (TPSA) is 110 Å². The van der Waals surface area contributed by atoms with Crippen molar-refractivity contribution in [2.45, 2.75) is 160 Å². The molecule has 0 fully saturated rings. The van der Waals surface area contributed by atoms with E-state index < -0.39 is 33.9 Å². The van der Waals surface area contributed by atoms with Crippen LogP contribution in [0.1, 0.15) is 176 Å². The van der Waals surface area contributed by atoms with Crippen molar-refractivity contribution in [1.82, 2.24) is 0 Å². The fourth-order valence-electron chi connectivity index (χ4n) is 5.27. The summed E-state index contributed by atoms with van der Waals surface area (Å²) in [5, 5.41) is -1.32. The standard InChI is InChI=1S/C35H60O7S.K/c1-3-5-6-7-8-9-10-11-12-13-14-15-16-17-18-19-20-21-22-23-26-29-41-34(36)32-27-24-25-28-33(32)35(37)42-30-31(4-2)43(38,39)40;/h24-25,27-28,31H,3-23,26,29-30H2,1-2H3,(H,38,39,40);/q;+1/p-1. The Kier molecular flexibility index (Phi) is 28.7. The molecule has 0 saturated heterocycles. The Balaban J connectivity index is 0.0000185. The molecule has 0 saturated carbocycles. The van der Waals surface area contributed by atoms with E-state index in [1.807, 2.05) is 0 Å². The number of carbonyl (C=O) groups is 2.